The van der Waals surface area contributed by atoms with Gasteiger partial charge in [-0.05, 0) is 68.7 Å². The number of nitrogen functional groups attached to an aromatic ring is 1. The van der Waals surface area contributed by atoms with Crippen LogP contribution in [-0.2, 0) is 4.79 Å². The van der Waals surface area contributed by atoms with E-state index in [2.05, 4.69) is 22.0 Å². The second kappa shape index (κ2) is 8.65. The lowest BCUT2D eigenvalue weighted by atomic mass is 9.86. The van der Waals surface area contributed by atoms with Gasteiger partial charge in [-0.1, -0.05) is 18.7 Å². The van der Waals surface area contributed by atoms with E-state index < -0.39 is 0 Å². The molecule has 2 aliphatic carbocycles. The first-order valence-corrected chi connectivity index (χ1v) is 11.3. The molecule has 0 radical (unpaired) electrons. The summed E-state index contributed by atoms with van der Waals surface area (Å²) in [5.74, 6) is 8.89. The van der Waals surface area contributed by atoms with Crippen molar-refractivity contribution in [1.29, 1.82) is 0 Å². The first kappa shape index (κ1) is 20.1. The van der Waals surface area contributed by atoms with Crippen LogP contribution in [0.25, 0.3) is 11.4 Å². The van der Waals surface area contributed by atoms with Crippen molar-refractivity contribution in [3.8, 4) is 17.1 Å². The summed E-state index contributed by atoms with van der Waals surface area (Å²) in [6.45, 7) is 2.31. The van der Waals surface area contributed by atoms with Gasteiger partial charge < -0.3 is 15.5 Å². The van der Waals surface area contributed by atoms with Crippen LogP contribution >= 0.6 is 11.8 Å². The molecule has 8 heteroatoms. The molecular formula is C21H29N5O2S. The van der Waals surface area contributed by atoms with Crippen LogP contribution in [0.5, 0.6) is 5.75 Å². The zero-order valence-electron chi connectivity index (χ0n) is 17.1. The van der Waals surface area contributed by atoms with Crippen LogP contribution in [0.4, 0.5) is 0 Å². The predicted molar refractivity (Wildman–Crippen MR) is 114 cm³/mol. The van der Waals surface area contributed by atoms with Gasteiger partial charge in [-0.15, -0.1) is 10.2 Å². The zero-order chi connectivity index (χ0) is 20.4. The minimum atomic E-state index is 0.200. The first-order valence-electron chi connectivity index (χ1n) is 10.4. The van der Waals surface area contributed by atoms with Gasteiger partial charge in [0.15, 0.2) is 5.82 Å². The third-order valence-electron chi connectivity index (χ3n) is 5.94. The van der Waals surface area contributed by atoms with E-state index in [1.807, 2.05) is 24.3 Å². The quantitative estimate of drug-likeness (QED) is 0.551. The molecular weight excluding hydrogens is 386 g/mol. The van der Waals surface area contributed by atoms with Gasteiger partial charge in [-0.2, -0.15) is 0 Å². The molecule has 2 saturated carbocycles. The van der Waals surface area contributed by atoms with Crippen LogP contribution in [0.15, 0.2) is 29.4 Å². The summed E-state index contributed by atoms with van der Waals surface area (Å²) < 4.78 is 6.65. The second-order valence-electron chi connectivity index (χ2n) is 8.14. The fourth-order valence-corrected chi connectivity index (χ4v) is 4.82. The minimum Gasteiger partial charge on any atom is -0.497 e. The van der Waals surface area contributed by atoms with Gasteiger partial charge in [0.25, 0.3) is 0 Å². The lowest BCUT2D eigenvalue weighted by molar-refractivity contribution is -0.132. The summed E-state index contributed by atoms with van der Waals surface area (Å²) in [5, 5.41) is 8.96. The molecule has 0 atom stereocenters. The van der Waals surface area contributed by atoms with Gasteiger partial charge in [-0.3, -0.25) is 4.79 Å². The zero-order valence-corrected chi connectivity index (χ0v) is 17.9. The van der Waals surface area contributed by atoms with Crippen molar-refractivity contribution in [2.24, 2.45) is 5.92 Å². The number of aromatic nitrogens is 3. The molecule has 29 heavy (non-hydrogen) atoms. The Balaban J connectivity index is 1.40. The molecule has 2 aliphatic rings. The molecule has 1 aromatic heterocycles. The van der Waals surface area contributed by atoms with Gasteiger partial charge in [0.05, 0.1) is 12.9 Å². The number of methoxy groups -OCH3 is 1. The fraction of sp³-hybridized carbons (Fsp3) is 0.571. The van der Waals surface area contributed by atoms with E-state index in [4.69, 9.17) is 10.6 Å². The molecule has 2 N–H and O–H groups in total. The molecule has 4 rings (SSSR count). The van der Waals surface area contributed by atoms with Crippen LogP contribution in [-0.4, -0.2) is 50.6 Å². The smallest absolute Gasteiger partial charge is 0.233 e. The van der Waals surface area contributed by atoms with E-state index in [9.17, 15) is 4.79 Å². The van der Waals surface area contributed by atoms with Crippen LogP contribution in [0.1, 0.15) is 45.4 Å². The highest BCUT2D eigenvalue weighted by molar-refractivity contribution is 7.99. The monoisotopic (exact) mass is 415 g/mol. The molecule has 2 aromatic rings. The largest absolute Gasteiger partial charge is 0.497 e. The van der Waals surface area contributed by atoms with Crippen molar-refractivity contribution in [1.82, 2.24) is 19.8 Å². The number of rotatable bonds is 7. The topological polar surface area (TPSA) is 86.3 Å². The Labute approximate surface area is 176 Å². The lowest BCUT2D eigenvalue weighted by Crippen LogP contribution is -2.44. The van der Waals surface area contributed by atoms with Gasteiger partial charge >= 0.3 is 0 Å². The number of amides is 1. The van der Waals surface area contributed by atoms with Gasteiger partial charge in [0.1, 0.15) is 5.75 Å². The van der Waals surface area contributed by atoms with Crippen LogP contribution in [0.3, 0.4) is 0 Å². The fourth-order valence-electron chi connectivity index (χ4n) is 4.09. The van der Waals surface area contributed by atoms with Crippen molar-refractivity contribution >= 4 is 17.7 Å². The van der Waals surface area contributed by atoms with Crippen molar-refractivity contribution < 1.29 is 9.53 Å². The van der Waals surface area contributed by atoms with Crippen LogP contribution < -0.4 is 10.6 Å². The maximum atomic E-state index is 13.0. The standard InChI is InChI=1S/C21H29N5O2S/c1-14-3-7-16(8-4-14)25(17-9-10-17)19(27)13-29-21-24-23-20(26(21)22)15-5-11-18(28-2)12-6-15/h5-6,11-12,14,16-17H,3-4,7-10,13,22H2,1-2H3. The highest BCUT2D eigenvalue weighted by atomic mass is 32.2. The number of carbonyl (C=O) groups is 1. The van der Waals surface area contributed by atoms with Crippen molar-refractivity contribution in [3.63, 3.8) is 0 Å². The Bertz CT molecular complexity index is 841. The Kier molecular flexibility index (Phi) is 5.99. The minimum absolute atomic E-state index is 0.200. The number of ether oxygens (including phenoxy) is 1. The summed E-state index contributed by atoms with van der Waals surface area (Å²) >= 11 is 1.36. The van der Waals surface area contributed by atoms with E-state index in [1.165, 1.54) is 29.3 Å². The number of benzene rings is 1. The third kappa shape index (κ3) is 4.52. The molecule has 1 heterocycles. The number of hydrogen-bond acceptors (Lipinski definition) is 6. The van der Waals surface area contributed by atoms with Crippen LogP contribution in [0.2, 0.25) is 0 Å². The average molecular weight is 416 g/mol. The van der Waals surface area contributed by atoms with E-state index in [-0.39, 0.29) is 5.91 Å². The highest BCUT2D eigenvalue weighted by Crippen LogP contribution is 2.36. The number of nitrogens with zero attached hydrogens (tertiary/aromatic N) is 4. The Hall–Kier alpha value is -2.22. The van der Waals surface area contributed by atoms with E-state index >= 15 is 0 Å². The average Bonchev–Trinajstić information content (AvgIpc) is 3.50. The van der Waals surface area contributed by atoms with Gasteiger partial charge in [0.2, 0.25) is 11.1 Å². The molecule has 2 fully saturated rings. The Morgan fingerprint density at radius 1 is 1.14 bits per heavy atom. The number of thioether (sulfide) groups is 1. The maximum Gasteiger partial charge on any atom is 0.233 e. The number of carbonyl (C=O) groups excluding carboxylic acids is 1. The molecule has 0 spiro atoms. The summed E-state index contributed by atoms with van der Waals surface area (Å²) in [7, 11) is 1.63. The molecule has 7 nitrogen and oxygen atoms in total. The molecule has 1 amide bonds. The van der Waals surface area contributed by atoms with E-state index in [0.29, 0.717) is 28.8 Å². The van der Waals surface area contributed by atoms with E-state index in [1.54, 1.807) is 7.11 Å². The predicted octanol–water partition coefficient (Wildman–Crippen LogP) is 3.33. The van der Waals surface area contributed by atoms with E-state index in [0.717, 1.165) is 42.9 Å². The summed E-state index contributed by atoms with van der Waals surface area (Å²) in [5.41, 5.74) is 0.856. The summed E-state index contributed by atoms with van der Waals surface area (Å²) in [6, 6.07) is 8.34. The first-order chi connectivity index (χ1) is 14.1. The van der Waals surface area contributed by atoms with Gasteiger partial charge in [0, 0.05) is 17.6 Å². The molecule has 0 saturated heterocycles. The Morgan fingerprint density at radius 2 is 1.76 bits per heavy atom. The summed E-state index contributed by atoms with van der Waals surface area (Å²) in [4.78, 5) is 15.2. The number of nitrogens with two attached hydrogens (primary N) is 1. The van der Waals surface area contributed by atoms with Crippen LogP contribution in [0, 0.1) is 5.92 Å². The molecule has 0 unspecified atom stereocenters. The van der Waals surface area contributed by atoms with Crippen molar-refractivity contribution in [3.05, 3.63) is 24.3 Å². The highest BCUT2D eigenvalue weighted by Gasteiger charge is 2.38. The summed E-state index contributed by atoms with van der Waals surface area (Å²) in [6.07, 6.45) is 6.97. The SMILES string of the molecule is COc1ccc(-c2nnc(SCC(=O)N(C3CCC(C)CC3)C3CC3)n2N)cc1. The maximum absolute atomic E-state index is 13.0. The normalized spacial score (nSPS) is 21.7. The lowest BCUT2D eigenvalue weighted by Gasteiger charge is -2.36. The van der Waals surface area contributed by atoms with Crippen molar-refractivity contribution in [2.45, 2.75) is 62.7 Å². The number of hydrogen-bond donors (Lipinski definition) is 1. The molecule has 156 valence electrons. The van der Waals surface area contributed by atoms with Crippen molar-refractivity contribution in [2.75, 3.05) is 18.7 Å². The molecule has 1 aromatic carbocycles. The second-order valence-corrected chi connectivity index (χ2v) is 9.08. The third-order valence-corrected chi connectivity index (χ3v) is 6.87. The van der Waals surface area contributed by atoms with Gasteiger partial charge in [-0.25, -0.2) is 4.68 Å². The Morgan fingerprint density at radius 3 is 2.34 bits per heavy atom. The molecule has 0 bridgehead atoms. The molecule has 0 aliphatic heterocycles.